The third-order valence-corrected chi connectivity index (χ3v) is 2.75. The number of amides is 1. The van der Waals surface area contributed by atoms with Crippen molar-refractivity contribution in [2.45, 2.75) is 6.92 Å². The van der Waals surface area contributed by atoms with Crippen molar-refractivity contribution in [1.29, 1.82) is 0 Å². The quantitative estimate of drug-likeness (QED) is 0.393. The second-order valence-electron chi connectivity index (χ2n) is 4.48. The van der Waals surface area contributed by atoms with Gasteiger partial charge in [0.2, 0.25) is 0 Å². The minimum Gasteiger partial charge on any atom is -0.504 e. The van der Waals surface area contributed by atoms with Crippen molar-refractivity contribution < 1.29 is 20.1 Å². The van der Waals surface area contributed by atoms with Gasteiger partial charge >= 0.3 is 0 Å². The highest BCUT2D eigenvalue weighted by molar-refractivity contribution is 5.96. The largest absolute Gasteiger partial charge is 0.504 e. The fourth-order valence-corrected chi connectivity index (χ4v) is 1.72. The van der Waals surface area contributed by atoms with Gasteiger partial charge in [0.05, 0.1) is 6.21 Å². The van der Waals surface area contributed by atoms with Gasteiger partial charge < -0.3 is 15.3 Å². The molecule has 2 aromatic carbocycles. The van der Waals surface area contributed by atoms with E-state index in [0.717, 1.165) is 23.3 Å². The molecule has 0 radical (unpaired) electrons. The zero-order chi connectivity index (χ0) is 15.4. The molecule has 0 saturated heterocycles. The molecule has 21 heavy (non-hydrogen) atoms. The number of hydrogen-bond donors (Lipinski definition) is 4. The third kappa shape index (κ3) is 3.50. The molecule has 0 spiro atoms. The number of phenolic OH excluding ortho intramolecular Hbond substituents is 3. The Morgan fingerprint density at radius 2 is 1.81 bits per heavy atom. The Bertz CT molecular complexity index is 688. The summed E-state index contributed by atoms with van der Waals surface area (Å²) in [7, 11) is 0. The molecule has 0 aliphatic heterocycles. The Balaban J connectivity index is 2.08. The van der Waals surface area contributed by atoms with Gasteiger partial charge in [0.1, 0.15) is 0 Å². The van der Waals surface area contributed by atoms with Crippen LogP contribution in [0.3, 0.4) is 0 Å². The van der Waals surface area contributed by atoms with E-state index in [2.05, 4.69) is 10.5 Å². The lowest BCUT2D eigenvalue weighted by molar-refractivity contribution is 0.0954. The molecule has 0 bridgehead atoms. The molecule has 0 aliphatic rings. The number of nitrogens with zero attached hydrogens (tertiary/aromatic N) is 1. The highest BCUT2D eigenvalue weighted by Gasteiger charge is 2.12. The number of hydrogen-bond acceptors (Lipinski definition) is 5. The van der Waals surface area contributed by atoms with E-state index in [1.54, 1.807) is 0 Å². The van der Waals surface area contributed by atoms with Crippen LogP contribution in [0.4, 0.5) is 0 Å². The summed E-state index contributed by atoms with van der Waals surface area (Å²) in [6, 6.07) is 9.61. The average Bonchev–Trinajstić information content (AvgIpc) is 2.44. The Hall–Kier alpha value is -3.02. The minimum atomic E-state index is -0.671. The molecule has 0 aromatic heterocycles. The van der Waals surface area contributed by atoms with Crippen LogP contribution in [-0.2, 0) is 0 Å². The van der Waals surface area contributed by atoms with Crippen LogP contribution >= 0.6 is 0 Å². The smallest absolute Gasteiger partial charge is 0.271 e. The molecule has 0 unspecified atom stereocenters. The first kappa shape index (κ1) is 14.4. The van der Waals surface area contributed by atoms with Crippen LogP contribution in [0, 0.1) is 6.92 Å². The summed E-state index contributed by atoms with van der Waals surface area (Å²) in [6.45, 7) is 1.94. The molecule has 0 atom stereocenters. The lowest BCUT2D eigenvalue weighted by atomic mass is 10.1. The number of carbonyl (C=O) groups is 1. The van der Waals surface area contributed by atoms with Crippen LogP contribution in [0.2, 0.25) is 0 Å². The van der Waals surface area contributed by atoms with Crippen molar-refractivity contribution in [2.24, 2.45) is 5.10 Å². The van der Waals surface area contributed by atoms with Gasteiger partial charge in [-0.2, -0.15) is 5.10 Å². The molecule has 2 rings (SSSR count). The molecule has 2 aromatic rings. The second kappa shape index (κ2) is 5.96. The van der Waals surface area contributed by atoms with Crippen molar-refractivity contribution in [1.82, 2.24) is 5.43 Å². The van der Waals surface area contributed by atoms with Crippen molar-refractivity contribution in [3.8, 4) is 17.2 Å². The van der Waals surface area contributed by atoms with E-state index in [-0.39, 0.29) is 5.56 Å². The number of nitrogens with one attached hydrogen (secondary N) is 1. The molecule has 1 amide bonds. The summed E-state index contributed by atoms with van der Waals surface area (Å²) in [5.74, 6) is -2.45. The average molecular weight is 286 g/mol. The monoisotopic (exact) mass is 286 g/mol. The van der Waals surface area contributed by atoms with E-state index in [1.807, 2.05) is 31.2 Å². The van der Waals surface area contributed by atoms with Gasteiger partial charge in [0, 0.05) is 5.56 Å². The topological polar surface area (TPSA) is 102 Å². The molecule has 6 heteroatoms. The lowest BCUT2D eigenvalue weighted by Crippen LogP contribution is -2.17. The molecule has 0 saturated carbocycles. The first-order valence-electron chi connectivity index (χ1n) is 6.12. The predicted molar refractivity (Wildman–Crippen MR) is 77.7 cm³/mol. The third-order valence-electron chi connectivity index (χ3n) is 2.75. The van der Waals surface area contributed by atoms with Gasteiger partial charge in [-0.25, -0.2) is 5.43 Å². The lowest BCUT2D eigenvalue weighted by Gasteiger charge is -2.04. The molecule has 0 heterocycles. The van der Waals surface area contributed by atoms with Crippen molar-refractivity contribution in [3.63, 3.8) is 0 Å². The van der Waals surface area contributed by atoms with Gasteiger partial charge in [-0.15, -0.1) is 0 Å². The maximum Gasteiger partial charge on any atom is 0.271 e. The highest BCUT2D eigenvalue weighted by atomic mass is 16.3. The zero-order valence-corrected chi connectivity index (χ0v) is 11.2. The number of benzene rings is 2. The zero-order valence-electron chi connectivity index (χ0n) is 11.2. The van der Waals surface area contributed by atoms with Crippen molar-refractivity contribution in [3.05, 3.63) is 53.1 Å². The van der Waals surface area contributed by atoms with E-state index in [4.69, 9.17) is 0 Å². The number of carbonyl (C=O) groups excluding carboxylic acids is 1. The highest BCUT2D eigenvalue weighted by Crippen LogP contribution is 2.35. The van der Waals surface area contributed by atoms with Gasteiger partial charge in [0.15, 0.2) is 17.2 Å². The van der Waals surface area contributed by atoms with E-state index in [1.165, 1.54) is 6.21 Å². The van der Waals surface area contributed by atoms with Crippen molar-refractivity contribution in [2.75, 3.05) is 0 Å². The van der Waals surface area contributed by atoms with Crippen LogP contribution in [0.25, 0.3) is 0 Å². The molecule has 0 aliphatic carbocycles. The number of aromatic hydroxyl groups is 3. The van der Waals surface area contributed by atoms with Gasteiger partial charge in [-0.3, -0.25) is 4.79 Å². The first-order valence-corrected chi connectivity index (χ1v) is 6.12. The first-order chi connectivity index (χ1) is 9.97. The Morgan fingerprint density at radius 3 is 2.43 bits per heavy atom. The Labute approximate surface area is 121 Å². The molecule has 4 N–H and O–H groups in total. The maximum atomic E-state index is 11.8. The Kier molecular flexibility index (Phi) is 4.08. The van der Waals surface area contributed by atoms with E-state index in [9.17, 15) is 20.1 Å². The molecule has 108 valence electrons. The summed E-state index contributed by atoms with van der Waals surface area (Å²) in [4.78, 5) is 11.8. The fraction of sp³-hybridized carbons (Fsp3) is 0.0667. The molecule has 0 fully saturated rings. The molecule has 6 nitrogen and oxygen atoms in total. The van der Waals surface area contributed by atoms with Crippen LogP contribution in [0.1, 0.15) is 21.5 Å². The summed E-state index contributed by atoms with van der Waals surface area (Å²) >= 11 is 0. The number of hydrazone groups is 1. The van der Waals surface area contributed by atoms with Crippen LogP contribution in [-0.4, -0.2) is 27.4 Å². The van der Waals surface area contributed by atoms with Crippen LogP contribution in [0.15, 0.2) is 41.5 Å². The van der Waals surface area contributed by atoms with Gasteiger partial charge in [0.25, 0.3) is 5.91 Å². The van der Waals surface area contributed by atoms with E-state index in [0.29, 0.717) is 0 Å². The molecular weight excluding hydrogens is 272 g/mol. The summed E-state index contributed by atoms with van der Waals surface area (Å²) in [6.07, 6.45) is 1.48. The summed E-state index contributed by atoms with van der Waals surface area (Å²) in [5.41, 5.74) is 4.14. The van der Waals surface area contributed by atoms with Gasteiger partial charge in [-0.1, -0.05) is 29.8 Å². The van der Waals surface area contributed by atoms with Gasteiger partial charge in [-0.05, 0) is 24.6 Å². The summed E-state index contributed by atoms with van der Waals surface area (Å²) in [5, 5.41) is 31.7. The number of rotatable bonds is 3. The number of phenols is 3. The van der Waals surface area contributed by atoms with Crippen molar-refractivity contribution >= 4 is 12.1 Å². The minimum absolute atomic E-state index is 0.0239. The maximum absolute atomic E-state index is 11.8. The predicted octanol–water partition coefficient (Wildman–Crippen LogP) is 1.88. The van der Waals surface area contributed by atoms with E-state index >= 15 is 0 Å². The second-order valence-corrected chi connectivity index (χ2v) is 4.48. The molecular formula is C15H14N2O4. The van der Waals surface area contributed by atoms with Crippen LogP contribution < -0.4 is 5.43 Å². The van der Waals surface area contributed by atoms with E-state index < -0.39 is 23.2 Å². The number of aryl methyl sites for hydroxylation is 1. The SMILES string of the molecule is Cc1cccc(/C=N/NC(=O)c2cc(O)c(O)c(O)c2)c1. The summed E-state index contributed by atoms with van der Waals surface area (Å²) < 4.78 is 0. The van der Waals surface area contributed by atoms with Crippen LogP contribution in [0.5, 0.6) is 17.2 Å². The Morgan fingerprint density at radius 1 is 1.14 bits per heavy atom. The fourth-order valence-electron chi connectivity index (χ4n) is 1.72. The normalized spacial score (nSPS) is 10.7. The standard InChI is InChI=1S/C15H14N2O4/c1-9-3-2-4-10(5-9)8-16-17-15(21)11-6-12(18)14(20)13(19)7-11/h2-8,18-20H,1H3,(H,17,21)/b16-8+.